The fourth-order valence-corrected chi connectivity index (χ4v) is 1.70. The average molecular weight is 237 g/mol. The maximum atomic E-state index is 12.1. The Morgan fingerprint density at radius 2 is 2.06 bits per heavy atom. The van der Waals surface area contributed by atoms with Crippen molar-refractivity contribution >= 4 is 17.2 Å². The molecule has 0 radical (unpaired) electrons. The van der Waals surface area contributed by atoms with E-state index in [0.717, 1.165) is 4.57 Å². The number of hydrogen-bond donors (Lipinski definition) is 1. The largest absolute Gasteiger partial charge is 0.383 e. The Labute approximate surface area is 96.5 Å². The highest BCUT2D eigenvalue weighted by molar-refractivity contribution is 5.85. The van der Waals surface area contributed by atoms with E-state index in [9.17, 15) is 9.59 Å². The van der Waals surface area contributed by atoms with Crippen molar-refractivity contribution in [3.63, 3.8) is 0 Å². The van der Waals surface area contributed by atoms with Crippen molar-refractivity contribution in [1.29, 1.82) is 0 Å². The zero-order valence-electron chi connectivity index (χ0n) is 9.78. The van der Waals surface area contributed by atoms with Gasteiger partial charge in [0.1, 0.15) is 6.33 Å². The Morgan fingerprint density at radius 1 is 1.41 bits per heavy atom. The lowest BCUT2D eigenvalue weighted by Crippen LogP contribution is -2.53. The normalized spacial score (nSPS) is 11.9. The number of fused-ring (bicyclic) bond motifs is 1. The third kappa shape index (κ3) is 1.58. The molecule has 2 N–H and O–H groups in total. The predicted molar refractivity (Wildman–Crippen MR) is 62.1 cm³/mol. The molecule has 17 heavy (non-hydrogen) atoms. The summed E-state index contributed by atoms with van der Waals surface area (Å²) >= 11 is 0. The second-order valence-corrected chi connectivity index (χ2v) is 4.44. The zero-order chi connectivity index (χ0) is 12.8. The van der Waals surface area contributed by atoms with Gasteiger partial charge in [0, 0.05) is 0 Å². The number of hydrogen-bond acceptors (Lipinski definition) is 4. The van der Waals surface area contributed by atoms with Crippen LogP contribution in [0.5, 0.6) is 0 Å². The SMILES string of the molecule is C[N+](C)(C)n1c(=O)n(C(N)=O)c2ncncc21. The number of nitrogens with two attached hydrogens (primary N) is 1. The number of imidazole rings is 1. The molecule has 0 saturated heterocycles. The Balaban J connectivity index is 3.00. The summed E-state index contributed by atoms with van der Waals surface area (Å²) in [5.41, 5.74) is 5.33. The Hall–Kier alpha value is -2.22. The molecule has 0 spiro atoms. The van der Waals surface area contributed by atoms with Crippen LogP contribution in [-0.4, -0.2) is 46.4 Å². The molecule has 0 aliphatic heterocycles. The van der Waals surface area contributed by atoms with Crippen LogP contribution in [0.15, 0.2) is 17.3 Å². The van der Waals surface area contributed by atoms with Crippen LogP contribution in [0.4, 0.5) is 4.79 Å². The molecule has 0 atom stereocenters. The van der Waals surface area contributed by atoms with Crippen molar-refractivity contribution in [2.24, 2.45) is 5.73 Å². The Bertz CT molecular complexity index is 648. The van der Waals surface area contributed by atoms with Gasteiger partial charge in [0.15, 0.2) is 11.2 Å². The minimum atomic E-state index is -0.856. The van der Waals surface area contributed by atoms with E-state index in [0.29, 0.717) is 5.52 Å². The first-order valence-electron chi connectivity index (χ1n) is 4.89. The molecule has 2 rings (SSSR count). The van der Waals surface area contributed by atoms with E-state index in [1.165, 1.54) is 17.2 Å². The molecule has 8 heteroatoms. The van der Waals surface area contributed by atoms with Gasteiger partial charge in [0.25, 0.3) is 0 Å². The smallest absolute Gasteiger partial charge is 0.351 e. The summed E-state index contributed by atoms with van der Waals surface area (Å²) in [6, 6.07) is -0.856. The standard InChI is InChI=1S/C9H12N6O2/c1-15(2,3)14-6-4-11-5-12-7(6)13(8(10)16)9(14)17/h4-5H,1-3H3,(H-,10,16)/p+1. The molecule has 2 heterocycles. The molecular weight excluding hydrogens is 224 g/mol. The molecule has 0 unspecified atom stereocenters. The minimum absolute atomic E-state index is 0.184. The van der Waals surface area contributed by atoms with Crippen LogP contribution < -0.4 is 16.0 Å². The van der Waals surface area contributed by atoms with E-state index >= 15 is 0 Å². The first-order valence-corrected chi connectivity index (χ1v) is 4.89. The van der Waals surface area contributed by atoms with Gasteiger partial charge in [-0.3, -0.25) is 0 Å². The van der Waals surface area contributed by atoms with Crippen molar-refractivity contribution in [2.45, 2.75) is 0 Å². The van der Waals surface area contributed by atoms with Crippen LogP contribution in [0.25, 0.3) is 11.2 Å². The van der Waals surface area contributed by atoms with Crippen molar-refractivity contribution in [3.05, 3.63) is 23.0 Å². The van der Waals surface area contributed by atoms with Crippen LogP contribution >= 0.6 is 0 Å². The molecule has 0 saturated carbocycles. The fourth-order valence-electron chi connectivity index (χ4n) is 1.70. The van der Waals surface area contributed by atoms with Crippen LogP contribution in [0.3, 0.4) is 0 Å². The Kier molecular flexibility index (Phi) is 2.25. The molecule has 0 aromatic carbocycles. The third-order valence-corrected chi connectivity index (χ3v) is 2.31. The first-order chi connectivity index (χ1) is 7.84. The topological polar surface area (TPSA) is 95.8 Å². The summed E-state index contributed by atoms with van der Waals surface area (Å²) in [4.78, 5) is 31.2. The molecular formula is C9H13N6O2+. The van der Waals surface area contributed by atoms with E-state index in [-0.39, 0.29) is 10.2 Å². The van der Waals surface area contributed by atoms with Crippen molar-refractivity contribution in [1.82, 2.24) is 23.8 Å². The number of primary amides is 1. The highest BCUT2D eigenvalue weighted by Crippen LogP contribution is 2.09. The van der Waals surface area contributed by atoms with Gasteiger partial charge in [0.05, 0.1) is 27.3 Å². The van der Waals surface area contributed by atoms with Crippen LogP contribution in [-0.2, 0) is 0 Å². The lowest BCUT2D eigenvalue weighted by Gasteiger charge is -2.23. The van der Waals surface area contributed by atoms with Gasteiger partial charge < -0.3 is 5.73 Å². The number of nitrogens with zero attached hydrogens (tertiary/aromatic N) is 5. The van der Waals surface area contributed by atoms with E-state index in [2.05, 4.69) is 9.97 Å². The minimum Gasteiger partial charge on any atom is -0.351 e. The van der Waals surface area contributed by atoms with Crippen LogP contribution in [0.1, 0.15) is 0 Å². The molecule has 2 aromatic heterocycles. The van der Waals surface area contributed by atoms with Gasteiger partial charge in [0.2, 0.25) is 0 Å². The van der Waals surface area contributed by atoms with Crippen LogP contribution in [0.2, 0.25) is 0 Å². The van der Waals surface area contributed by atoms with Crippen LogP contribution in [0, 0.1) is 0 Å². The molecule has 1 amide bonds. The number of aromatic nitrogens is 4. The van der Waals surface area contributed by atoms with E-state index < -0.39 is 11.7 Å². The highest BCUT2D eigenvalue weighted by atomic mass is 16.2. The summed E-state index contributed by atoms with van der Waals surface area (Å²) in [6.07, 6.45) is 2.74. The summed E-state index contributed by atoms with van der Waals surface area (Å²) in [5, 5.41) is 0. The summed E-state index contributed by atoms with van der Waals surface area (Å²) in [7, 11) is 5.37. The molecule has 0 aliphatic carbocycles. The lowest BCUT2D eigenvalue weighted by molar-refractivity contribution is 0.242. The molecule has 0 fully saturated rings. The summed E-state index contributed by atoms with van der Waals surface area (Å²) in [6.45, 7) is 0. The number of carbonyl (C=O) groups excluding carboxylic acids is 1. The molecule has 90 valence electrons. The lowest BCUT2D eigenvalue weighted by atomic mass is 10.5. The van der Waals surface area contributed by atoms with Gasteiger partial charge in [-0.2, -0.15) is 4.57 Å². The van der Waals surface area contributed by atoms with E-state index in [4.69, 9.17) is 5.73 Å². The monoisotopic (exact) mass is 237 g/mol. The average Bonchev–Trinajstić information content (AvgIpc) is 2.48. The second-order valence-electron chi connectivity index (χ2n) is 4.44. The summed E-state index contributed by atoms with van der Waals surface area (Å²) < 4.78 is 2.41. The van der Waals surface area contributed by atoms with Gasteiger partial charge in [-0.25, -0.2) is 24.1 Å². The molecule has 2 aromatic rings. The predicted octanol–water partition coefficient (Wildman–Crippen LogP) is -1.15. The second kappa shape index (κ2) is 3.39. The summed E-state index contributed by atoms with van der Waals surface area (Å²) in [5.74, 6) is 0. The number of carbonyl (C=O) groups is 1. The third-order valence-electron chi connectivity index (χ3n) is 2.31. The molecule has 0 aliphatic rings. The Morgan fingerprint density at radius 3 is 2.59 bits per heavy atom. The van der Waals surface area contributed by atoms with Crippen molar-refractivity contribution < 1.29 is 4.79 Å². The van der Waals surface area contributed by atoms with Gasteiger partial charge in [-0.15, -0.1) is 4.68 Å². The van der Waals surface area contributed by atoms with Crippen molar-refractivity contribution in [2.75, 3.05) is 21.1 Å². The first kappa shape index (κ1) is 11.3. The van der Waals surface area contributed by atoms with Gasteiger partial charge in [-0.1, -0.05) is 0 Å². The van der Waals surface area contributed by atoms with E-state index in [1.54, 1.807) is 21.1 Å². The quantitative estimate of drug-likeness (QED) is 0.633. The zero-order valence-corrected chi connectivity index (χ0v) is 9.78. The van der Waals surface area contributed by atoms with Gasteiger partial charge in [-0.05, 0) is 0 Å². The maximum absolute atomic E-state index is 12.1. The highest BCUT2D eigenvalue weighted by Gasteiger charge is 2.25. The molecule has 8 nitrogen and oxygen atoms in total. The fraction of sp³-hybridized carbons (Fsp3) is 0.333. The van der Waals surface area contributed by atoms with E-state index in [1.807, 2.05) is 0 Å². The number of quaternary nitrogens is 1. The number of amides is 1. The van der Waals surface area contributed by atoms with Crippen molar-refractivity contribution in [3.8, 4) is 0 Å². The van der Waals surface area contributed by atoms with Gasteiger partial charge >= 0.3 is 11.7 Å². The maximum Gasteiger partial charge on any atom is 0.383 e. The number of rotatable bonds is 1. The molecule has 0 bridgehead atoms.